The van der Waals surface area contributed by atoms with Crippen molar-refractivity contribution in [3.63, 3.8) is 0 Å². The van der Waals surface area contributed by atoms with Gasteiger partial charge in [-0.25, -0.2) is 14.6 Å². The summed E-state index contributed by atoms with van der Waals surface area (Å²) in [5, 5.41) is 11.3. The predicted octanol–water partition coefficient (Wildman–Crippen LogP) is 4.73. The standard InChI is InChI=1S/C23H24N6O3/c1-14-9-10-17-16(12-25-29(17)20-8-3-4-11-31-20)21(14)28-22(30)18-13-24-23(32-18)27-19-7-5-6-15(2)26-19/h5-7,9-10,12-13,20H,3-4,8,11H2,1-2H3,(H,28,30)(H,24,26,27). The zero-order valence-corrected chi connectivity index (χ0v) is 18.0. The lowest BCUT2D eigenvalue weighted by Gasteiger charge is -2.23. The molecule has 9 heteroatoms. The number of aryl methyl sites for hydroxylation is 2. The van der Waals surface area contributed by atoms with Crippen LogP contribution in [0.5, 0.6) is 0 Å². The van der Waals surface area contributed by atoms with Crippen LogP contribution in [0.2, 0.25) is 0 Å². The molecule has 32 heavy (non-hydrogen) atoms. The third-order valence-corrected chi connectivity index (χ3v) is 5.51. The van der Waals surface area contributed by atoms with Crippen LogP contribution in [0.1, 0.15) is 47.3 Å². The van der Waals surface area contributed by atoms with Crippen molar-refractivity contribution in [2.75, 3.05) is 17.2 Å². The van der Waals surface area contributed by atoms with E-state index in [1.54, 1.807) is 12.3 Å². The number of hydrogen-bond acceptors (Lipinski definition) is 7. The summed E-state index contributed by atoms with van der Waals surface area (Å²) in [7, 11) is 0. The van der Waals surface area contributed by atoms with Crippen LogP contribution >= 0.6 is 0 Å². The van der Waals surface area contributed by atoms with Gasteiger partial charge in [-0.3, -0.25) is 10.1 Å². The van der Waals surface area contributed by atoms with E-state index < -0.39 is 0 Å². The normalized spacial score (nSPS) is 16.2. The number of anilines is 3. The molecule has 4 heterocycles. The van der Waals surface area contributed by atoms with Gasteiger partial charge in [0.2, 0.25) is 5.76 Å². The Labute approximate surface area is 184 Å². The molecule has 9 nitrogen and oxygen atoms in total. The highest BCUT2D eigenvalue weighted by Gasteiger charge is 2.21. The maximum Gasteiger partial charge on any atom is 0.301 e. The summed E-state index contributed by atoms with van der Waals surface area (Å²) in [6.45, 7) is 4.58. The highest BCUT2D eigenvalue weighted by molar-refractivity contribution is 6.08. The number of carbonyl (C=O) groups is 1. The molecule has 2 N–H and O–H groups in total. The van der Waals surface area contributed by atoms with Gasteiger partial charge >= 0.3 is 6.01 Å². The van der Waals surface area contributed by atoms with E-state index in [4.69, 9.17) is 9.15 Å². The highest BCUT2D eigenvalue weighted by atomic mass is 16.5. The number of rotatable bonds is 5. The van der Waals surface area contributed by atoms with Gasteiger partial charge in [0, 0.05) is 17.7 Å². The van der Waals surface area contributed by atoms with E-state index in [0.29, 0.717) is 11.5 Å². The molecule has 1 unspecified atom stereocenters. The third-order valence-electron chi connectivity index (χ3n) is 5.51. The van der Waals surface area contributed by atoms with Crippen molar-refractivity contribution in [3.8, 4) is 0 Å². The molecule has 1 aliphatic heterocycles. The Morgan fingerprint density at radius 1 is 1.16 bits per heavy atom. The van der Waals surface area contributed by atoms with Crippen LogP contribution in [0.15, 0.2) is 47.1 Å². The summed E-state index contributed by atoms with van der Waals surface area (Å²) in [5.41, 5.74) is 3.41. The summed E-state index contributed by atoms with van der Waals surface area (Å²) in [4.78, 5) is 21.4. The molecule has 5 rings (SSSR count). The summed E-state index contributed by atoms with van der Waals surface area (Å²) in [6, 6.07) is 9.75. The number of oxazole rings is 1. The van der Waals surface area contributed by atoms with Crippen molar-refractivity contribution >= 4 is 34.3 Å². The number of aromatic nitrogens is 4. The molecule has 1 aromatic carbocycles. The lowest BCUT2D eigenvalue weighted by Crippen LogP contribution is -2.19. The molecule has 0 radical (unpaired) electrons. The average molecular weight is 432 g/mol. The predicted molar refractivity (Wildman–Crippen MR) is 120 cm³/mol. The Balaban J connectivity index is 1.37. The van der Waals surface area contributed by atoms with E-state index in [9.17, 15) is 4.79 Å². The number of pyridine rings is 1. The highest BCUT2D eigenvalue weighted by Crippen LogP contribution is 2.32. The zero-order chi connectivity index (χ0) is 22.1. The summed E-state index contributed by atoms with van der Waals surface area (Å²) < 4.78 is 13.4. The van der Waals surface area contributed by atoms with Crippen molar-refractivity contribution in [3.05, 3.63) is 59.7 Å². The van der Waals surface area contributed by atoms with Crippen LogP contribution in [0.25, 0.3) is 10.9 Å². The second-order valence-electron chi connectivity index (χ2n) is 7.87. The molecule has 1 saturated heterocycles. The molecule has 164 valence electrons. The molecule has 4 aromatic rings. The van der Waals surface area contributed by atoms with Crippen LogP contribution in [0, 0.1) is 13.8 Å². The van der Waals surface area contributed by atoms with E-state index in [1.165, 1.54) is 6.20 Å². The van der Waals surface area contributed by atoms with Crippen molar-refractivity contribution in [1.29, 1.82) is 0 Å². The number of nitrogens with one attached hydrogen (secondary N) is 2. The van der Waals surface area contributed by atoms with Gasteiger partial charge in [0.1, 0.15) is 5.82 Å². The van der Waals surface area contributed by atoms with E-state index in [1.807, 2.05) is 42.8 Å². The minimum absolute atomic E-state index is 0.0781. The molecule has 0 bridgehead atoms. The molecule has 0 saturated carbocycles. The van der Waals surface area contributed by atoms with Crippen LogP contribution in [-0.4, -0.2) is 32.3 Å². The van der Waals surface area contributed by atoms with Crippen LogP contribution in [0.4, 0.5) is 17.5 Å². The van der Waals surface area contributed by atoms with Crippen molar-refractivity contribution in [2.24, 2.45) is 0 Å². The Kier molecular flexibility index (Phi) is 5.32. The van der Waals surface area contributed by atoms with Crippen LogP contribution in [-0.2, 0) is 4.74 Å². The molecule has 1 fully saturated rings. The van der Waals surface area contributed by atoms with Crippen LogP contribution < -0.4 is 10.6 Å². The fourth-order valence-electron chi connectivity index (χ4n) is 3.88. The minimum Gasteiger partial charge on any atom is -0.418 e. The molecule has 3 aromatic heterocycles. The molecule has 1 aliphatic rings. The Morgan fingerprint density at radius 3 is 2.88 bits per heavy atom. The quantitative estimate of drug-likeness (QED) is 0.469. The topological polar surface area (TPSA) is 107 Å². The van der Waals surface area contributed by atoms with E-state index >= 15 is 0 Å². The second-order valence-corrected chi connectivity index (χ2v) is 7.87. The average Bonchev–Trinajstić information content (AvgIpc) is 3.44. The number of benzene rings is 1. The maximum atomic E-state index is 12.9. The first kappa shape index (κ1) is 20.2. The van der Waals surface area contributed by atoms with Gasteiger partial charge < -0.3 is 14.5 Å². The first-order valence-electron chi connectivity index (χ1n) is 10.6. The van der Waals surface area contributed by atoms with Gasteiger partial charge in [-0.15, -0.1) is 0 Å². The van der Waals surface area contributed by atoms with Crippen molar-refractivity contribution < 1.29 is 13.9 Å². The van der Waals surface area contributed by atoms with Crippen LogP contribution in [0.3, 0.4) is 0 Å². The van der Waals surface area contributed by atoms with E-state index in [-0.39, 0.29) is 23.9 Å². The van der Waals surface area contributed by atoms with E-state index in [2.05, 4.69) is 25.7 Å². The second kappa shape index (κ2) is 8.43. The summed E-state index contributed by atoms with van der Waals surface area (Å²) in [5.74, 6) is 0.302. The first-order chi connectivity index (χ1) is 15.6. The van der Waals surface area contributed by atoms with Gasteiger partial charge in [-0.2, -0.15) is 5.10 Å². The van der Waals surface area contributed by atoms with Crippen molar-refractivity contribution in [2.45, 2.75) is 39.3 Å². The largest absolute Gasteiger partial charge is 0.418 e. The smallest absolute Gasteiger partial charge is 0.301 e. The Bertz CT molecular complexity index is 1270. The first-order valence-corrected chi connectivity index (χ1v) is 10.6. The number of carbonyl (C=O) groups excluding carboxylic acids is 1. The zero-order valence-electron chi connectivity index (χ0n) is 18.0. The van der Waals surface area contributed by atoms with Gasteiger partial charge in [0.15, 0.2) is 6.23 Å². The van der Waals surface area contributed by atoms with Gasteiger partial charge in [0.25, 0.3) is 5.91 Å². The Morgan fingerprint density at radius 2 is 2.06 bits per heavy atom. The Hall–Kier alpha value is -3.72. The number of hydrogen-bond donors (Lipinski definition) is 2. The SMILES string of the molecule is Cc1cccc(Nc2ncc(C(=O)Nc3c(C)ccc4c3cnn4C3CCCCO3)o2)n1. The molecular formula is C23H24N6O3. The summed E-state index contributed by atoms with van der Waals surface area (Å²) >= 11 is 0. The van der Waals surface area contributed by atoms with Gasteiger partial charge in [-0.05, 0) is 56.9 Å². The van der Waals surface area contributed by atoms with Crippen molar-refractivity contribution in [1.82, 2.24) is 19.7 Å². The molecular weight excluding hydrogens is 408 g/mol. The summed E-state index contributed by atoms with van der Waals surface area (Å²) in [6.07, 6.45) is 6.20. The molecule has 0 aliphatic carbocycles. The number of nitrogens with zero attached hydrogens (tertiary/aromatic N) is 4. The molecule has 1 amide bonds. The third kappa shape index (κ3) is 3.94. The van der Waals surface area contributed by atoms with Gasteiger partial charge in [-0.1, -0.05) is 12.1 Å². The minimum atomic E-state index is -0.389. The molecule has 0 spiro atoms. The fourth-order valence-corrected chi connectivity index (χ4v) is 3.88. The number of ether oxygens (including phenoxy) is 1. The number of amides is 1. The fraction of sp³-hybridized carbons (Fsp3) is 0.304. The molecule has 1 atom stereocenters. The maximum absolute atomic E-state index is 12.9. The lowest BCUT2D eigenvalue weighted by atomic mass is 10.1. The van der Waals surface area contributed by atoms with E-state index in [0.717, 1.165) is 48.0 Å². The monoisotopic (exact) mass is 432 g/mol. The van der Waals surface area contributed by atoms with Gasteiger partial charge in [0.05, 0.1) is 23.6 Å². The lowest BCUT2D eigenvalue weighted by molar-refractivity contribution is -0.0366. The number of fused-ring (bicyclic) bond motifs is 1.